The molecule has 2 heterocycles. The fourth-order valence-electron chi connectivity index (χ4n) is 3.67. The molecule has 0 atom stereocenters. The van der Waals surface area contributed by atoms with Crippen molar-refractivity contribution in [2.75, 3.05) is 20.1 Å². The van der Waals surface area contributed by atoms with Gasteiger partial charge in [0.25, 0.3) is 0 Å². The number of nitrogens with zero attached hydrogens (tertiary/aromatic N) is 2. The Kier molecular flexibility index (Phi) is 3.99. The van der Waals surface area contributed by atoms with Crippen LogP contribution in [0, 0.1) is 0 Å². The van der Waals surface area contributed by atoms with E-state index in [1.807, 2.05) is 24.3 Å². The molecule has 3 nitrogen and oxygen atoms in total. The molecule has 1 fully saturated rings. The first-order valence-corrected chi connectivity index (χ1v) is 8.69. The van der Waals surface area contributed by atoms with Gasteiger partial charge in [-0.05, 0) is 55.3 Å². The van der Waals surface area contributed by atoms with Crippen molar-refractivity contribution >= 4 is 23.0 Å². The van der Waals surface area contributed by atoms with Gasteiger partial charge in [-0.15, -0.1) is 0 Å². The van der Waals surface area contributed by atoms with Gasteiger partial charge in [-0.3, -0.25) is 9.78 Å². The molecule has 2 aromatic rings. The number of pyridine rings is 1. The maximum Gasteiger partial charge on any atom is 0.169 e. The molecular weight excluding hydrogens is 320 g/mol. The number of piperidine rings is 1. The van der Waals surface area contributed by atoms with Crippen molar-refractivity contribution in [1.82, 2.24) is 9.88 Å². The van der Waals surface area contributed by atoms with Gasteiger partial charge in [0.05, 0.1) is 5.69 Å². The van der Waals surface area contributed by atoms with E-state index in [0.717, 1.165) is 53.9 Å². The smallest absolute Gasteiger partial charge is 0.169 e. The summed E-state index contributed by atoms with van der Waals surface area (Å²) in [6.07, 6.45) is 4.18. The fourth-order valence-corrected chi connectivity index (χ4v) is 3.87. The number of ketones is 1. The number of carbonyl (C=O) groups is 1. The van der Waals surface area contributed by atoms with Crippen molar-refractivity contribution in [3.63, 3.8) is 0 Å². The van der Waals surface area contributed by atoms with E-state index < -0.39 is 0 Å². The van der Waals surface area contributed by atoms with Crippen LogP contribution in [-0.4, -0.2) is 35.8 Å². The number of halogens is 1. The Balaban J connectivity index is 1.99. The van der Waals surface area contributed by atoms with Gasteiger partial charge in [-0.1, -0.05) is 23.2 Å². The molecular formula is C20H19ClN2O. The van der Waals surface area contributed by atoms with E-state index in [1.54, 1.807) is 6.20 Å². The number of Topliss-reactive ketones (excluding diaryl/α,β-unsaturated/α-hetero) is 1. The second kappa shape index (κ2) is 6.15. The quantitative estimate of drug-likeness (QED) is 0.728. The maximum atomic E-state index is 12.7. The highest BCUT2D eigenvalue weighted by atomic mass is 35.5. The summed E-state index contributed by atoms with van der Waals surface area (Å²) in [4.78, 5) is 19.7. The first kappa shape index (κ1) is 15.6. The Morgan fingerprint density at radius 1 is 1.12 bits per heavy atom. The van der Waals surface area contributed by atoms with Crippen LogP contribution < -0.4 is 0 Å². The summed E-state index contributed by atoms with van der Waals surface area (Å²) in [5, 5.41) is 0.674. The molecule has 0 amide bonds. The summed E-state index contributed by atoms with van der Waals surface area (Å²) in [6.45, 7) is 2.08. The van der Waals surface area contributed by atoms with E-state index >= 15 is 0 Å². The van der Waals surface area contributed by atoms with Crippen LogP contribution in [0.1, 0.15) is 40.0 Å². The molecule has 1 aromatic heterocycles. The van der Waals surface area contributed by atoms with Gasteiger partial charge in [0.2, 0.25) is 0 Å². The second-order valence-corrected chi connectivity index (χ2v) is 7.02. The van der Waals surface area contributed by atoms with Gasteiger partial charge in [-0.2, -0.15) is 0 Å². The molecule has 0 unspecified atom stereocenters. The van der Waals surface area contributed by atoms with E-state index in [0.29, 0.717) is 11.4 Å². The average molecular weight is 339 g/mol. The topological polar surface area (TPSA) is 33.2 Å². The number of benzene rings is 1. The van der Waals surface area contributed by atoms with Gasteiger partial charge in [0.1, 0.15) is 0 Å². The number of fused-ring (bicyclic) bond motifs is 2. The van der Waals surface area contributed by atoms with Gasteiger partial charge < -0.3 is 4.90 Å². The summed E-state index contributed by atoms with van der Waals surface area (Å²) in [6, 6.07) is 9.63. The lowest BCUT2D eigenvalue weighted by Crippen LogP contribution is -2.27. The molecule has 0 spiro atoms. The molecule has 0 saturated carbocycles. The number of likely N-dealkylation sites (tertiary alicyclic amines) is 1. The van der Waals surface area contributed by atoms with Crippen molar-refractivity contribution < 1.29 is 4.79 Å². The molecule has 1 aromatic carbocycles. The molecule has 0 radical (unpaired) electrons. The normalized spacial score (nSPS) is 18.2. The van der Waals surface area contributed by atoms with Crippen molar-refractivity contribution in [2.24, 2.45) is 0 Å². The largest absolute Gasteiger partial charge is 0.306 e. The predicted octanol–water partition coefficient (Wildman–Crippen LogP) is 4.00. The Morgan fingerprint density at radius 3 is 2.71 bits per heavy atom. The minimum absolute atomic E-state index is 0.116. The average Bonchev–Trinajstić information content (AvgIpc) is 2.70. The highest BCUT2D eigenvalue weighted by Gasteiger charge is 2.27. The molecule has 122 valence electrons. The zero-order chi connectivity index (χ0) is 16.7. The molecule has 2 aliphatic rings. The van der Waals surface area contributed by atoms with E-state index in [2.05, 4.69) is 23.0 Å². The Morgan fingerprint density at radius 2 is 1.92 bits per heavy atom. The predicted molar refractivity (Wildman–Crippen MR) is 96.5 cm³/mol. The van der Waals surface area contributed by atoms with Crippen LogP contribution in [0.4, 0.5) is 0 Å². The third-order valence-electron chi connectivity index (χ3n) is 4.98. The van der Waals surface area contributed by atoms with Crippen LogP contribution >= 0.6 is 11.6 Å². The number of hydrogen-bond acceptors (Lipinski definition) is 3. The standard InChI is InChI=1S/C20H19ClN2O/c1-23-9-6-13(7-10-23)19-16-5-4-15(21)11-14(16)12-18(24)17-3-2-8-22-20(17)19/h2-5,8,11H,6-7,9-10,12H2,1H3. The number of carbonyl (C=O) groups excluding carboxylic acids is 1. The number of hydrogen-bond donors (Lipinski definition) is 0. The van der Waals surface area contributed by atoms with Crippen LogP contribution in [0.2, 0.25) is 5.02 Å². The molecule has 1 aliphatic carbocycles. The van der Waals surface area contributed by atoms with Crippen LogP contribution in [0.5, 0.6) is 0 Å². The van der Waals surface area contributed by atoms with E-state index in [9.17, 15) is 4.79 Å². The maximum absolute atomic E-state index is 12.7. The zero-order valence-corrected chi connectivity index (χ0v) is 14.4. The minimum atomic E-state index is 0.116. The molecule has 4 rings (SSSR count). The summed E-state index contributed by atoms with van der Waals surface area (Å²) in [5.41, 5.74) is 6.23. The van der Waals surface area contributed by atoms with Gasteiger partial charge in [-0.25, -0.2) is 0 Å². The molecule has 24 heavy (non-hydrogen) atoms. The summed E-state index contributed by atoms with van der Waals surface area (Å²) < 4.78 is 0. The van der Waals surface area contributed by atoms with E-state index in [-0.39, 0.29) is 5.78 Å². The first-order valence-electron chi connectivity index (χ1n) is 8.31. The summed E-state index contributed by atoms with van der Waals surface area (Å²) in [7, 11) is 2.15. The minimum Gasteiger partial charge on any atom is -0.306 e. The lowest BCUT2D eigenvalue weighted by atomic mass is 9.89. The molecule has 1 aliphatic heterocycles. The number of rotatable bonds is 0. The number of aromatic nitrogens is 1. The third kappa shape index (κ3) is 2.68. The van der Waals surface area contributed by atoms with Crippen molar-refractivity contribution in [1.29, 1.82) is 0 Å². The lowest BCUT2D eigenvalue weighted by molar-refractivity contribution is 0.0993. The molecule has 1 saturated heterocycles. The summed E-state index contributed by atoms with van der Waals surface area (Å²) >= 11 is 6.19. The monoisotopic (exact) mass is 338 g/mol. The SMILES string of the molecule is CN1CCC(=C2c3ccc(Cl)cc3CC(=O)c3cccnc32)CC1. The van der Waals surface area contributed by atoms with Crippen molar-refractivity contribution in [2.45, 2.75) is 19.3 Å². The van der Waals surface area contributed by atoms with Crippen LogP contribution in [-0.2, 0) is 6.42 Å². The Bertz CT molecular complexity index is 846. The molecule has 0 bridgehead atoms. The van der Waals surface area contributed by atoms with Crippen molar-refractivity contribution in [3.05, 3.63) is 69.5 Å². The van der Waals surface area contributed by atoms with Crippen LogP contribution in [0.3, 0.4) is 0 Å². The Labute approximate surface area is 147 Å². The van der Waals surface area contributed by atoms with Crippen LogP contribution in [0.15, 0.2) is 42.1 Å². The summed E-state index contributed by atoms with van der Waals surface area (Å²) in [5.74, 6) is 0.116. The third-order valence-corrected chi connectivity index (χ3v) is 5.21. The fraction of sp³-hybridized carbons (Fsp3) is 0.300. The lowest BCUT2D eigenvalue weighted by Gasteiger charge is -2.27. The molecule has 0 N–H and O–H groups in total. The van der Waals surface area contributed by atoms with Crippen molar-refractivity contribution in [3.8, 4) is 0 Å². The van der Waals surface area contributed by atoms with Gasteiger partial charge in [0.15, 0.2) is 5.78 Å². The first-order chi connectivity index (χ1) is 11.6. The molecule has 4 heteroatoms. The van der Waals surface area contributed by atoms with E-state index in [4.69, 9.17) is 11.6 Å². The van der Waals surface area contributed by atoms with Crippen LogP contribution in [0.25, 0.3) is 5.57 Å². The highest BCUT2D eigenvalue weighted by molar-refractivity contribution is 6.30. The van der Waals surface area contributed by atoms with Gasteiger partial charge >= 0.3 is 0 Å². The Hall–Kier alpha value is -1.97. The highest BCUT2D eigenvalue weighted by Crippen LogP contribution is 2.38. The zero-order valence-electron chi connectivity index (χ0n) is 13.7. The van der Waals surface area contributed by atoms with Gasteiger partial charge in [0, 0.05) is 41.9 Å². The van der Waals surface area contributed by atoms with E-state index in [1.165, 1.54) is 5.57 Å². The second-order valence-electron chi connectivity index (χ2n) is 6.58.